The van der Waals surface area contributed by atoms with Crippen LogP contribution >= 0.6 is 0 Å². The first kappa shape index (κ1) is 18.8. The maximum Gasteiger partial charge on any atom is 0.335 e. The second-order valence-corrected chi connectivity index (χ2v) is 7.43. The summed E-state index contributed by atoms with van der Waals surface area (Å²) in [5.41, 5.74) is 1.24. The summed E-state index contributed by atoms with van der Waals surface area (Å²) in [6, 6.07) is 10.6. The molecule has 2 N–H and O–H groups in total. The zero-order valence-electron chi connectivity index (χ0n) is 14.3. The van der Waals surface area contributed by atoms with Crippen LogP contribution in [0.4, 0.5) is 5.69 Å². The number of carbonyl (C=O) groups is 1. The molecule has 0 fully saturated rings. The minimum Gasteiger partial charge on any atom is -0.492 e. The van der Waals surface area contributed by atoms with E-state index in [1.54, 1.807) is 19.1 Å². The summed E-state index contributed by atoms with van der Waals surface area (Å²) < 4.78 is 33.5. The quantitative estimate of drug-likeness (QED) is 0.782. The highest BCUT2D eigenvalue weighted by molar-refractivity contribution is 7.92. The van der Waals surface area contributed by atoms with Gasteiger partial charge in [0.2, 0.25) is 0 Å². The topological polar surface area (TPSA) is 92.7 Å². The number of hydrogen-bond acceptors (Lipinski definition) is 4. The van der Waals surface area contributed by atoms with Crippen LogP contribution in [0.3, 0.4) is 0 Å². The van der Waals surface area contributed by atoms with Crippen molar-refractivity contribution in [1.82, 2.24) is 0 Å². The van der Waals surface area contributed by atoms with Gasteiger partial charge in [0.05, 0.1) is 12.2 Å². The van der Waals surface area contributed by atoms with Gasteiger partial charge < -0.3 is 9.84 Å². The van der Waals surface area contributed by atoms with Gasteiger partial charge in [-0.2, -0.15) is 0 Å². The number of hydrogen-bond donors (Lipinski definition) is 2. The van der Waals surface area contributed by atoms with E-state index in [4.69, 9.17) is 9.84 Å². The van der Waals surface area contributed by atoms with E-state index in [-0.39, 0.29) is 27.8 Å². The van der Waals surface area contributed by atoms with Crippen LogP contribution < -0.4 is 9.46 Å². The molecule has 25 heavy (non-hydrogen) atoms. The summed E-state index contributed by atoms with van der Waals surface area (Å²) in [5.74, 6) is -0.626. The van der Waals surface area contributed by atoms with E-state index in [0.717, 1.165) is 5.56 Å². The lowest BCUT2D eigenvalue weighted by molar-refractivity contribution is 0.0697. The van der Waals surface area contributed by atoms with E-state index in [1.165, 1.54) is 24.3 Å². The Labute approximate surface area is 147 Å². The summed E-state index contributed by atoms with van der Waals surface area (Å²) in [7, 11) is -3.88. The highest BCUT2D eigenvalue weighted by Crippen LogP contribution is 2.29. The Morgan fingerprint density at radius 1 is 1.16 bits per heavy atom. The molecule has 0 saturated carbocycles. The van der Waals surface area contributed by atoms with Crippen molar-refractivity contribution in [3.63, 3.8) is 0 Å². The Morgan fingerprint density at radius 2 is 1.80 bits per heavy atom. The lowest BCUT2D eigenvalue weighted by Crippen LogP contribution is -2.15. The molecule has 2 rings (SSSR count). The van der Waals surface area contributed by atoms with Gasteiger partial charge in [0.1, 0.15) is 10.6 Å². The van der Waals surface area contributed by atoms with Crippen LogP contribution in [0.5, 0.6) is 5.75 Å². The summed E-state index contributed by atoms with van der Waals surface area (Å²) in [5, 5.41) is 8.91. The molecule has 0 aromatic heterocycles. The number of rotatable bonds is 7. The first-order chi connectivity index (χ1) is 11.7. The van der Waals surface area contributed by atoms with Crippen molar-refractivity contribution >= 4 is 21.7 Å². The number of carboxylic acid groups (broad SMARTS) is 1. The van der Waals surface area contributed by atoms with Gasteiger partial charge in [0.15, 0.2) is 0 Å². The van der Waals surface area contributed by atoms with Crippen LogP contribution in [0, 0.1) is 0 Å². The molecule has 0 amide bonds. The van der Waals surface area contributed by atoms with Crippen molar-refractivity contribution in [2.45, 2.75) is 31.6 Å². The summed E-state index contributed by atoms with van der Waals surface area (Å²) >= 11 is 0. The fourth-order valence-corrected chi connectivity index (χ4v) is 3.50. The minimum absolute atomic E-state index is 0.0582. The molecule has 0 saturated heterocycles. The lowest BCUT2D eigenvalue weighted by atomic mass is 10.0. The maximum absolute atomic E-state index is 12.8. The Balaban J connectivity index is 2.40. The van der Waals surface area contributed by atoms with Crippen LogP contribution in [0.15, 0.2) is 47.4 Å². The SMILES string of the molecule is CCOc1ccc(C(C)C)cc1S(=O)(=O)Nc1ccc(C(=O)O)cc1. The summed E-state index contributed by atoms with van der Waals surface area (Å²) in [6.07, 6.45) is 0. The lowest BCUT2D eigenvalue weighted by Gasteiger charge is -2.15. The molecule has 0 heterocycles. The fraction of sp³-hybridized carbons (Fsp3) is 0.278. The average molecular weight is 363 g/mol. The van der Waals surface area contributed by atoms with Gasteiger partial charge in [-0.15, -0.1) is 0 Å². The molecule has 0 atom stereocenters. The van der Waals surface area contributed by atoms with Crippen molar-refractivity contribution in [3.8, 4) is 5.75 Å². The van der Waals surface area contributed by atoms with Crippen molar-refractivity contribution < 1.29 is 23.1 Å². The second kappa shape index (κ2) is 7.57. The molecule has 0 radical (unpaired) electrons. The van der Waals surface area contributed by atoms with Crippen molar-refractivity contribution in [1.29, 1.82) is 0 Å². The molecule has 0 spiro atoms. The van der Waals surface area contributed by atoms with E-state index >= 15 is 0 Å². The molecule has 134 valence electrons. The third-order valence-corrected chi connectivity index (χ3v) is 5.01. The average Bonchev–Trinajstić information content (AvgIpc) is 2.55. The maximum atomic E-state index is 12.8. The first-order valence-corrected chi connectivity index (χ1v) is 9.36. The highest BCUT2D eigenvalue weighted by atomic mass is 32.2. The monoisotopic (exact) mass is 363 g/mol. The molecule has 0 aliphatic heterocycles. The Morgan fingerprint density at radius 3 is 2.32 bits per heavy atom. The zero-order valence-corrected chi connectivity index (χ0v) is 15.1. The second-order valence-electron chi connectivity index (χ2n) is 5.78. The summed E-state index contributed by atoms with van der Waals surface area (Å²) in [4.78, 5) is 10.9. The van der Waals surface area contributed by atoms with E-state index in [9.17, 15) is 13.2 Å². The normalized spacial score (nSPS) is 11.4. The molecular formula is C18H21NO5S. The zero-order chi connectivity index (χ0) is 18.6. The number of nitrogens with one attached hydrogen (secondary N) is 1. The molecule has 0 unspecified atom stereocenters. The highest BCUT2D eigenvalue weighted by Gasteiger charge is 2.21. The van der Waals surface area contributed by atoms with Gasteiger partial charge in [-0.05, 0) is 54.8 Å². The van der Waals surface area contributed by atoms with E-state index < -0.39 is 16.0 Å². The van der Waals surface area contributed by atoms with Crippen molar-refractivity contribution in [2.75, 3.05) is 11.3 Å². The van der Waals surface area contributed by atoms with Crippen LogP contribution in [0.1, 0.15) is 42.6 Å². The number of benzene rings is 2. The molecular weight excluding hydrogens is 342 g/mol. The third-order valence-electron chi connectivity index (χ3n) is 3.61. The predicted molar refractivity (Wildman–Crippen MR) is 95.9 cm³/mol. The molecule has 7 heteroatoms. The fourth-order valence-electron chi connectivity index (χ4n) is 2.26. The van der Waals surface area contributed by atoms with Crippen LogP contribution in [-0.2, 0) is 10.0 Å². The van der Waals surface area contributed by atoms with Gasteiger partial charge in [0.25, 0.3) is 10.0 Å². The number of aromatic carboxylic acids is 1. The van der Waals surface area contributed by atoms with Gasteiger partial charge in [-0.1, -0.05) is 19.9 Å². The largest absolute Gasteiger partial charge is 0.492 e. The molecule has 0 aliphatic rings. The van der Waals surface area contributed by atoms with Crippen LogP contribution in [0.25, 0.3) is 0 Å². The molecule has 2 aromatic carbocycles. The van der Waals surface area contributed by atoms with Gasteiger partial charge >= 0.3 is 5.97 Å². The summed E-state index contributed by atoms with van der Waals surface area (Å²) in [6.45, 7) is 6.08. The first-order valence-electron chi connectivity index (χ1n) is 7.87. The Bertz CT molecular complexity index is 858. The van der Waals surface area contributed by atoms with Crippen LogP contribution in [0.2, 0.25) is 0 Å². The van der Waals surface area contributed by atoms with Gasteiger partial charge in [0, 0.05) is 5.69 Å². The predicted octanol–water partition coefficient (Wildman–Crippen LogP) is 3.71. The van der Waals surface area contributed by atoms with Gasteiger partial charge in [-0.3, -0.25) is 4.72 Å². The van der Waals surface area contributed by atoms with Crippen molar-refractivity contribution in [3.05, 3.63) is 53.6 Å². The van der Waals surface area contributed by atoms with E-state index in [0.29, 0.717) is 6.61 Å². The van der Waals surface area contributed by atoms with Crippen molar-refractivity contribution in [2.24, 2.45) is 0 Å². The number of ether oxygens (including phenoxy) is 1. The number of carboxylic acids is 1. The smallest absolute Gasteiger partial charge is 0.335 e. The standard InChI is InChI=1S/C18H21NO5S/c1-4-24-16-10-7-14(12(2)3)11-17(16)25(22,23)19-15-8-5-13(6-9-15)18(20)21/h5-12,19H,4H2,1-3H3,(H,20,21). The van der Waals surface area contributed by atoms with E-state index in [2.05, 4.69) is 4.72 Å². The van der Waals surface area contributed by atoms with E-state index in [1.807, 2.05) is 19.9 Å². The number of sulfonamides is 1. The Kier molecular flexibility index (Phi) is 5.69. The molecule has 6 nitrogen and oxygen atoms in total. The number of anilines is 1. The van der Waals surface area contributed by atoms with Gasteiger partial charge in [-0.25, -0.2) is 13.2 Å². The Hall–Kier alpha value is -2.54. The molecule has 0 aliphatic carbocycles. The molecule has 2 aromatic rings. The minimum atomic E-state index is -3.88. The molecule has 0 bridgehead atoms. The third kappa shape index (κ3) is 4.51. The van der Waals surface area contributed by atoms with Crippen LogP contribution in [-0.4, -0.2) is 26.1 Å².